The molecule has 1 aromatic carbocycles. The molecule has 0 fully saturated rings. The fourth-order valence-corrected chi connectivity index (χ4v) is 1.80. The lowest BCUT2D eigenvalue weighted by Crippen LogP contribution is -2.17. The summed E-state index contributed by atoms with van der Waals surface area (Å²) in [7, 11) is -1.99. The zero-order valence-electron chi connectivity index (χ0n) is 10.2. The average molecular weight is 283 g/mol. The van der Waals surface area contributed by atoms with E-state index < -0.39 is 15.1 Å². The molecule has 1 N–H and O–H groups in total. The first-order valence-corrected chi connectivity index (χ1v) is 7.17. The van der Waals surface area contributed by atoms with Gasteiger partial charge in [0.25, 0.3) is 5.91 Å². The largest absolute Gasteiger partial charge is 0.408 e. The molecule has 0 unspecified atom stereocenters. The van der Waals surface area contributed by atoms with Gasteiger partial charge >= 0.3 is 5.22 Å². The lowest BCUT2D eigenvalue weighted by atomic mass is 10.1. The van der Waals surface area contributed by atoms with E-state index in [2.05, 4.69) is 15.5 Å². The van der Waals surface area contributed by atoms with Crippen LogP contribution in [0.3, 0.4) is 0 Å². The first kappa shape index (κ1) is 13.2. The third-order valence-corrected chi connectivity index (χ3v) is 3.14. The van der Waals surface area contributed by atoms with Crippen LogP contribution in [0.25, 0.3) is 11.5 Å². The van der Waals surface area contributed by atoms with Gasteiger partial charge in [-0.15, -0.1) is 5.10 Å². The van der Waals surface area contributed by atoms with Gasteiger partial charge in [-0.1, -0.05) is 5.10 Å². The van der Waals surface area contributed by atoms with E-state index in [1.165, 1.54) is 7.05 Å². The normalized spacial score (nSPS) is 11.3. The van der Waals surface area contributed by atoms with Crippen LogP contribution < -0.4 is 5.32 Å². The molecule has 0 aliphatic rings. The highest BCUT2D eigenvalue weighted by molar-refractivity contribution is 7.90. The van der Waals surface area contributed by atoms with Gasteiger partial charge in [0.2, 0.25) is 15.7 Å². The first-order chi connectivity index (χ1) is 8.91. The number of carbonyl (C=O) groups excluding carboxylic acids is 1. The maximum absolute atomic E-state index is 11.4. The number of hydrogen-bond donors (Lipinski definition) is 1. The van der Waals surface area contributed by atoms with Crippen molar-refractivity contribution >= 4 is 15.7 Å². The van der Waals surface area contributed by atoms with Gasteiger partial charge in [0.15, 0.2) is 0 Å². The van der Waals surface area contributed by atoms with Crippen LogP contribution in [0.4, 0.5) is 0 Å². The molecule has 19 heavy (non-hydrogen) atoms. The average Bonchev–Trinajstić information content (AvgIpc) is 2.87. The van der Waals surface area contributed by atoms with Crippen LogP contribution in [0.5, 0.6) is 0 Å². The van der Waals surface area contributed by atoms with Gasteiger partial charge in [0, 0.05) is 25.9 Å². The Hall–Kier alpha value is -2.22. The van der Waals surface area contributed by atoms with Crippen molar-refractivity contribution in [3.63, 3.8) is 0 Å². The molecule has 2 rings (SSSR count). The third kappa shape index (κ3) is 2.79. The van der Waals surface area contributed by atoms with Crippen molar-refractivity contribution < 1.29 is 19.1 Å². The molecule has 2 aromatic rings. The number of nitrogens with zero attached hydrogens (tertiary/aromatic N) is 2. The molecule has 0 aliphatic heterocycles. The van der Waals surface area contributed by atoms with E-state index in [1.54, 1.807) is 24.3 Å². The molecule has 0 radical (unpaired) electrons. The third-order valence-electron chi connectivity index (χ3n) is 2.34. The molecular weight excluding hydrogens is 270 g/mol. The predicted molar refractivity (Wildman–Crippen MR) is 68.3 cm³/mol. The summed E-state index contributed by atoms with van der Waals surface area (Å²) in [5.41, 5.74) is 1.02. The molecule has 0 bridgehead atoms. The Morgan fingerprint density at radius 2 is 1.89 bits per heavy atom. The zero-order valence-corrected chi connectivity index (χ0v) is 11.1. The molecule has 0 spiro atoms. The number of amides is 1. The van der Waals surface area contributed by atoms with Gasteiger partial charge in [-0.2, -0.15) is 0 Å². The molecule has 0 saturated heterocycles. The fraction of sp³-hybridized carbons (Fsp3) is 0.182. The molecule has 102 valence electrons. The maximum atomic E-state index is 11.4. The van der Waals surface area contributed by atoms with Gasteiger partial charge in [0.1, 0.15) is 0 Å². The number of rotatable bonds is 3. The molecule has 7 nitrogen and oxygen atoms in total. The predicted octanol–water partition coefficient (Wildman–Crippen LogP) is 0.746. The Labute approximate surface area is 111 Å². The number of nitrogens with one attached hydrogen (secondary N) is 1. The lowest BCUT2D eigenvalue weighted by Gasteiger charge is -1.99. The van der Waals surface area contributed by atoms with Crippen LogP contribution in [0.15, 0.2) is 33.9 Å². The Bertz CT molecular complexity index is 710. The second-order valence-corrected chi connectivity index (χ2v) is 5.70. The van der Waals surface area contributed by atoms with Crippen LogP contribution in [-0.2, 0) is 9.84 Å². The molecule has 8 heteroatoms. The van der Waals surface area contributed by atoms with Gasteiger partial charge in [-0.25, -0.2) is 8.42 Å². The van der Waals surface area contributed by atoms with E-state index in [0.29, 0.717) is 11.1 Å². The van der Waals surface area contributed by atoms with E-state index >= 15 is 0 Å². The van der Waals surface area contributed by atoms with E-state index in [9.17, 15) is 13.2 Å². The molecule has 0 saturated carbocycles. The van der Waals surface area contributed by atoms with Gasteiger partial charge in [-0.05, 0) is 24.3 Å². The standard InChI is InChI=1S/C11H11N3O4S.H2/c1-12-9(15)7-3-5-8(6-4-7)10-13-14-11(18-10)19(2,16)17;/h3-6H,1-2H3,(H,12,15);1H. The van der Waals surface area contributed by atoms with Crippen molar-refractivity contribution in [3.8, 4) is 11.5 Å². The Morgan fingerprint density at radius 1 is 1.26 bits per heavy atom. The van der Waals surface area contributed by atoms with Crippen molar-refractivity contribution in [2.45, 2.75) is 5.22 Å². The van der Waals surface area contributed by atoms with Crippen LogP contribution in [-0.4, -0.2) is 37.8 Å². The molecule has 1 amide bonds. The van der Waals surface area contributed by atoms with Crippen LogP contribution in [0.1, 0.15) is 11.8 Å². The smallest absolute Gasteiger partial charge is 0.335 e. The molecule has 1 aromatic heterocycles. The van der Waals surface area contributed by atoms with Crippen molar-refractivity contribution in [1.29, 1.82) is 0 Å². The summed E-state index contributed by atoms with van der Waals surface area (Å²) in [6.45, 7) is 0. The minimum Gasteiger partial charge on any atom is -0.408 e. The number of hydrogen-bond acceptors (Lipinski definition) is 6. The summed E-state index contributed by atoms with van der Waals surface area (Å²) in [5, 5.41) is 9.17. The second-order valence-electron chi connectivity index (χ2n) is 3.80. The number of aromatic nitrogens is 2. The van der Waals surface area contributed by atoms with Crippen molar-refractivity contribution in [2.75, 3.05) is 13.3 Å². The Balaban J connectivity index is 0.00000200. The summed E-state index contributed by atoms with van der Waals surface area (Å²) < 4.78 is 27.5. The van der Waals surface area contributed by atoms with Gasteiger partial charge in [-0.3, -0.25) is 4.79 Å². The van der Waals surface area contributed by atoms with Crippen LogP contribution in [0.2, 0.25) is 0 Å². The first-order valence-electron chi connectivity index (χ1n) is 5.28. The summed E-state index contributed by atoms with van der Waals surface area (Å²) in [6, 6.07) is 6.37. The van der Waals surface area contributed by atoms with Crippen molar-refractivity contribution in [3.05, 3.63) is 29.8 Å². The number of sulfone groups is 1. The minimum atomic E-state index is -3.52. The van der Waals surface area contributed by atoms with E-state index in [4.69, 9.17) is 4.42 Å². The molecule has 0 aliphatic carbocycles. The summed E-state index contributed by atoms with van der Waals surface area (Å²) >= 11 is 0. The Kier molecular flexibility index (Phi) is 3.34. The summed E-state index contributed by atoms with van der Waals surface area (Å²) in [4.78, 5) is 11.4. The van der Waals surface area contributed by atoms with E-state index in [-0.39, 0.29) is 13.2 Å². The highest BCUT2D eigenvalue weighted by Gasteiger charge is 2.17. The van der Waals surface area contributed by atoms with Crippen LogP contribution >= 0.6 is 0 Å². The maximum Gasteiger partial charge on any atom is 0.335 e. The van der Waals surface area contributed by atoms with Crippen LogP contribution in [0, 0.1) is 0 Å². The zero-order chi connectivity index (χ0) is 14.0. The summed E-state index contributed by atoms with van der Waals surface area (Å²) in [6.07, 6.45) is 0.985. The fourth-order valence-electron chi connectivity index (χ4n) is 1.38. The highest BCUT2D eigenvalue weighted by Crippen LogP contribution is 2.20. The van der Waals surface area contributed by atoms with Gasteiger partial charge in [0.05, 0.1) is 0 Å². The van der Waals surface area contributed by atoms with Crippen molar-refractivity contribution in [2.24, 2.45) is 0 Å². The molecular formula is C11H13N3O4S. The van der Waals surface area contributed by atoms with Gasteiger partial charge < -0.3 is 9.73 Å². The van der Waals surface area contributed by atoms with Crippen molar-refractivity contribution in [1.82, 2.24) is 15.5 Å². The lowest BCUT2D eigenvalue weighted by molar-refractivity contribution is 0.0963. The second kappa shape index (κ2) is 4.81. The quantitative estimate of drug-likeness (QED) is 0.891. The highest BCUT2D eigenvalue weighted by atomic mass is 32.2. The SMILES string of the molecule is CNC(=O)c1ccc(-c2nnc(S(C)(=O)=O)o2)cc1.[HH]. The summed E-state index contributed by atoms with van der Waals surface area (Å²) in [5.74, 6) is -0.127. The minimum absolute atomic E-state index is 0. The molecule has 1 heterocycles. The van der Waals surface area contributed by atoms with E-state index in [1.807, 2.05) is 0 Å². The Morgan fingerprint density at radius 3 is 2.37 bits per heavy atom. The monoisotopic (exact) mass is 283 g/mol. The number of carbonyl (C=O) groups is 1. The molecule has 0 atom stereocenters. The number of benzene rings is 1. The van der Waals surface area contributed by atoms with E-state index in [0.717, 1.165) is 6.26 Å². The topological polar surface area (TPSA) is 102 Å².